The first kappa shape index (κ1) is 90.0. The van der Waals surface area contributed by atoms with Gasteiger partial charge >= 0.3 is 30.2 Å². The summed E-state index contributed by atoms with van der Waals surface area (Å²) in [5, 5.41) is 39.4. The molecule has 0 aromatic heterocycles. The summed E-state index contributed by atoms with van der Waals surface area (Å²) in [5.41, 5.74) is 6.52. The highest BCUT2D eigenvalue weighted by Crippen LogP contribution is 2.37. The molecule has 10 amide bonds. The zero-order chi connectivity index (χ0) is 78.1. The number of urea groups is 5. The van der Waals surface area contributed by atoms with Crippen LogP contribution in [0.25, 0.3) is 0 Å². The predicted molar refractivity (Wildman–Crippen MR) is 435 cm³/mol. The van der Waals surface area contributed by atoms with Crippen molar-refractivity contribution in [2.45, 2.75) is 269 Å². The number of alkyl halides is 2. The highest BCUT2D eigenvalue weighted by Gasteiger charge is 2.40. The summed E-state index contributed by atoms with van der Waals surface area (Å²) in [6, 6.07) is 48.8. The van der Waals surface area contributed by atoms with E-state index in [0.29, 0.717) is 61.8 Å². The van der Waals surface area contributed by atoms with Crippen LogP contribution in [0.5, 0.6) is 0 Å². The van der Waals surface area contributed by atoms with Crippen LogP contribution in [-0.4, -0.2) is 123 Å². The SMILES string of the molecule is CC1CC(F)(F)CCC1NC(=O)NCCCCc1ccccc1.CC1CC(O)CCC1NC(=O)NCCCCc1ccccc1.CC1CCCCC1NC(=O)NCCCCc1ccc(F)cc1.CC1CCCCC1NC(=O)NCCCCc1ccccc1.CC1COCCC1NC(=O)NCCCCc1ccccc1. The van der Waals surface area contributed by atoms with Crippen LogP contribution in [0, 0.1) is 35.4 Å². The minimum atomic E-state index is -2.58. The maximum Gasteiger partial charge on any atom is 0.315 e. The summed E-state index contributed by atoms with van der Waals surface area (Å²) in [6.07, 6.45) is 28.2. The third-order valence-corrected chi connectivity index (χ3v) is 21.9. The molecule has 1 saturated heterocycles. The highest BCUT2D eigenvalue weighted by molar-refractivity contribution is 5.76. The first-order chi connectivity index (χ1) is 52.8. The molecule has 0 bridgehead atoms. The molecule has 5 aromatic carbocycles. The zero-order valence-corrected chi connectivity index (χ0v) is 66.4. The summed E-state index contributed by atoms with van der Waals surface area (Å²) >= 11 is 0. The molecule has 5 aromatic rings. The molecule has 1 heterocycles. The molecule has 11 unspecified atom stereocenters. The summed E-state index contributed by atoms with van der Waals surface area (Å²) in [5.74, 6) is -1.04. The van der Waals surface area contributed by atoms with Crippen LogP contribution in [0.15, 0.2) is 146 Å². The van der Waals surface area contributed by atoms with Crippen molar-refractivity contribution in [3.63, 3.8) is 0 Å². The number of unbranched alkanes of at least 4 members (excludes halogenated alkanes) is 5. The lowest BCUT2D eigenvalue weighted by Crippen LogP contribution is -2.49. The van der Waals surface area contributed by atoms with Gasteiger partial charge in [0.05, 0.1) is 12.7 Å². The Kier molecular flexibility index (Phi) is 43.9. The van der Waals surface area contributed by atoms with E-state index in [2.05, 4.69) is 166 Å². The van der Waals surface area contributed by atoms with Crippen molar-refractivity contribution >= 4 is 30.2 Å². The molecule has 11 N–H and O–H groups in total. The van der Waals surface area contributed by atoms with Gasteiger partial charge in [-0.25, -0.2) is 37.1 Å². The van der Waals surface area contributed by atoms with Gasteiger partial charge in [-0.1, -0.05) is 194 Å². The van der Waals surface area contributed by atoms with Gasteiger partial charge < -0.3 is 63.0 Å². The molecular formula is C89H135F3N10O7. The number of amides is 10. The number of nitrogens with one attached hydrogen (secondary N) is 10. The molecule has 5 fully saturated rings. The fourth-order valence-corrected chi connectivity index (χ4v) is 14.9. The van der Waals surface area contributed by atoms with Crippen LogP contribution in [0.4, 0.5) is 37.1 Å². The van der Waals surface area contributed by atoms with Gasteiger partial charge in [0, 0.05) is 82.4 Å². The van der Waals surface area contributed by atoms with Crippen LogP contribution in [0.3, 0.4) is 0 Å². The maximum absolute atomic E-state index is 13.3. The average Bonchev–Trinajstić information content (AvgIpc) is 0.855. The number of benzene rings is 5. The van der Waals surface area contributed by atoms with Crippen molar-refractivity contribution in [2.24, 2.45) is 29.6 Å². The molecule has 11 atom stereocenters. The van der Waals surface area contributed by atoms with E-state index in [1.807, 2.05) is 48.5 Å². The van der Waals surface area contributed by atoms with Crippen LogP contribution >= 0.6 is 0 Å². The van der Waals surface area contributed by atoms with Gasteiger partial charge in [0.2, 0.25) is 5.92 Å². The van der Waals surface area contributed by atoms with Gasteiger partial charge in [-0.2, -0.15) is 0 Å². The minimum Gasteiger partial charge on any atom is -0.393 e. The van der Waals surface area contributed by atoms with Crippen molar-refractivity contribution in [3.8, 4) is 0 Å². The van der Waals surface area contributed by atoms with Gasteiger partial charge in [-0.3, -0.25) is 0 Å². The lowest BCUT2D eigenvalue weighted by atomic mass is 9.83. The number of hydrogen-bond donors (Lipinski definition) is 11. The Hall–Kier alpha value is -7.84. The Labute approximate surface area is 651 Å². The maximum atomic E-state index is 13.3. The second-order valence-corrected chi connectivity index (χ2v) is 31.3. The lowest BCUT2D eigenvalue weighted by Gasteiger charge is -2.34. The number of aryl methyl sites for hydroxylation is 5. The predicted octanol–water partition coefficient (Wildman–Crippen LogP) is 17.6. The van der Waals surface area contributed by atoms with Crippen LogP contribution in [0.2, 0.25) is 0 Å². The number of halogens is 3. The van der Waals surface area contributed by atoms with Gasteiger partial charge in [0.1, 0.15) is 5.82 Å². The van der Waals surface area contributed by atoms with Crippen molar-refractivity contribution in [2.75, 3.05) is 45.9 Å². The molecule has 10 rings (SSSR count). The Balaban J connectivity index is 0.000000213. The van der Waals surface area contributed by atoms with Gasteiger partial charge in [-0.15, -0.1) is 0 Å². The summed E-state index contributed by atoms with van der Waals surface area (Å²) in [7, 11) is 0. The zero-order valence-electron chi connectivity index (χ0n) is 66.4. The average molecular weight is 1510 g/mol. The third kappa shape index (κ3) is 40.1. The Morgan fingerprint density at radius 1 is 0.367 bits per heavy atom. The van der Waals surface area contributed by atoms with E-state index < -0.39 is 5.92 Å². The molecule has 4 aliphatic carbocycles. The monoisotopic (exact) mass is 1510 g/mol. The largest absolute Gasteiger partial charge is 0.393 e. The minimum absolute atomic E-state index is 0.00783. The molecule has 109 heavy (non-hydrogen) atoms. The van der Waals surface area contributed by atoms with Gasteiger partial charge in [-0.05, 0) is 224 Å². The second-order valence-electron chi connectivity index (χ2n) is 31.3. The molecule has 1 aliphatic heterocycles. The number of hydrogen-bond acceptors (Lipinski definition) is 7. The van der Waals surface area contributed by atoms with Crippen LogP contribution in [0.1, 0.15) is 223 Å². The van der Waals surface area contributed by atoms with Crippen molar-refractivity contribution < 1.29 is 47.0 Å². The van der Waals surface area contributed by atoms with E-state index in [-0.39, 0.29) is 79.0 Å². The van der Waals surface area contributed by atoms with Crippen molar-refractivity contribution in [1.82, 2.24) is 53.2 Å². The van der Waals surface area contributed by atoms with Gasteiger partial charge in [0.15, 0.2) is 0 Å². The summed E-state index contributed by atoms with van der Waals surface area (Å²) in [6.45, 7) is 15.4. The lowest BCUT2D eigenvalue weighted by molar-refractivity contribution is -0.0572. The Bertz CT molecular complexity index is 3160. The molecule has 5 aliphatic rings. The molecule has 604 valence electrons. The number of aliphatic hydroxyl groups excluding tert-OH is 1. The van der Waals surface area contributed by atoms with Crippen molar-refractivity contribution in [3.05, 3.63) is 179 Å². The fraction of sp³-hybridized carbons (Fsp3) is 0.607. The van der Waals surface area contributed by atoms with Crippen molar-refractivity contribution in [1.29, 1.82) is 0 Å². The van der Waals surface area contributed by atoms with E-state index in [0.717, 1.165) is 167 Å². The highest BCUT2D eigenvalue weighted by atomic mass is 19.3. The van der Waals surface area contributed by atoms with E-state index in [1.165, 1.54) is 72.9 Å². The number of aliphatic hydroxyl groups is 1. The van der Waals surface area contributed by atoms with E-state index in [9.17, 15) is 42.3 Å². The molecule has 20 heteroatoms. The first-order valence-corrected chi connectivity index (χ1v) is 41.5. The standard InChI is InChI=1S/C18H26F2N2O.C18H27FN2O.C18H28N2O2.C18H28N2O.C17H26N2O2/c1-14-13-18(19,20)11-10-16(14)22-17(23)21-12-6-5-9-15-7-3-2-4-8-15;1-14-6-2-3-8-17(14)21-18(22)20-13-5-4-7-15-9-11-16(19)12-10-15;1-14-13-16(21)10-11-17(14)20-18(22)19-12-6-5-9-15-7-3-2-4-8-15;1-15-9-5-6-13-17(15)20-18(21)19-14-8-7-12-16-10-3-2-4-11-16;1-14-13-21-12-10-16(14)19-17(20)18-11-6-5-9-15-7-3-2-4-8-15/h2-4,7-8,14,16H,5-6,9-13H2,1H3,(H2,21,22,23);9-12,14,17H,2-8,13H2,1H3,(H2,20,21,22);2-4,7-8,14,16-17,21H,5-6,9-13H2,1H3,(H2,19,20,22);2-4,10-11,15,17H,5-9,12-14H2,1H3,(H2,19,20,21);2-4,7-8,14,16H,5-6,9-13H2,1H3,(H2,18,19,20). The quantitative estimate of drug-likeness (QED) is 0.0199. The fourth-order valence-electron chi connectivity index (χ4n) is 14.9. The smallest absolute Gasteiger partial charge is 0.315 e. The van der Waals surface area contributed by atoms with E-state index in [4.69, 9.17) is 4.74 Å². The molecule has 17 nitrogen and oxygen atoms in total. The van der Waals surface area contributed by atoms with E-state index >= 15 is 0 Å². The summed E-state index contributed by atoms with van der Waals surface area (Å²) < 4.78 is 44.7. The Morgan fingerprint density at radius 3 is 1.00 bits per heavy atom. The topological polar surface area (TPSA) is 235 Å². The normalized spacial score (nSPS) is 22.6. The molecule has 0 spiro atoms. The molecule has 4 saturated carbocycles. The number of rotatable bonds is 30. The molecule has 0 radical (unpaired) electrons. The van der Waals surface area contributed by atoms with Crippen LogP contribution < -0.4 is 53.2 Å². The Morgan fingerprint density at radius 2 is 0.679 bits per heavy atom. The molecular weight excluding hydrogens is 1380 g/mol. The number of ether oxygens (including phenoxy) is 1. The summed E-state index contributed by atoms with van der Waals surface area (Å²) in [4.78, 5) is 59.3. The first-order valence-electron chi connectivity index (χ1n) is 41.5. The number of carbonyl (C=O) groups excluding carboxylic acids is 5. The second kappa shape index (κ2) is 53.1. The van der Waals surface area contributed by atoms with Gasteiger partial charge in [0.25, 0.3) is 0 Å². The number of carbonyl (C=O) groups is 5. The van der Waals surface area contributed by atoms with Crippen LogP contribution in [-0.2, 0) is 36.8 Å². The van der Waals surface area contributed by atoms with E-state index in [1.54, 1.807) is 6.92 Å². The third-order valence-electron chi connectivity index (χ3n) is 21.9.